The van der Waals surface area contributed by atoms with E-state index in [0.717, 1.165) is 38.2 Å². The van der Waals surface area contributed by atoms with Gasteiger partial charge in [-0.1, -0.05) is 6.07 Å². The molecule has 8 nitrogen and oxygen atoms in total. The number of anilines is 3. The molecular formula is C22H20N6O2S2. The van der Waals surface area contributed by atoms with E-state index in [1.807, 2.05) is 54.3 Å². The highest BCUT2D eigenvalue weighted by Crippen LogP contribution is 2.27. The molecule has 32 heavy (non-hydrogen) atoms. The molecular weight excluding hydrogens is 444 g/mol. The molecule has 4 aromatic heterocycles. The Balaban J connectivity index is 1.47. The molecule has 1 aromatic carbocycles. The quantitative estimate of drug-likeness (QED) is 0.404. The molecule has 10 heteroatoms. The first-order valence-corrected chi connectivity index (χ1v) is 12.5. The number of rotatable bonds is 6. The van der Waals surface area contributed by atoms with Crippen LogP contribution in [0.2, 0.25) is 0 Å². The third-order valence-electron chi connectivity index (χ3n) is 5.26. The summed E-state index contributed by atoms with van der Waals surface area (Å²) in [5.74, 6) is 1.14. The molecule has 0 fully saturated rings. The van der Waals surface area contributed by atoms with Crippen molar-refractivity contribution in [1.82, 2.24) is 19.5 Å². The van der Waals surface area contributed by atoms with E-state index in [0.29, 0.717) is 12.4 Å². The first-order valence-electron chi connectivity index (χ1n) is 9.81. The molecule has 0 amide bonds. The van der Waals surface area contributed by atoms with E-state index in [-0.39, 0.29) is 0 Å². The molecule has 0 unspecified atom stereocenters. The van der Waals surface area contributed by atoms with Gasteiger partial charge >= 0.3 is 0 Å². The van der Waals surface area contributed by atoms with Gasteiger partial charge in [0.05, 0.1) is 34.0 Å². The van der Waals surface area contributed by atoms with Crippen LogP contribution < -0.4 is 9.62 Å². The van der Waals surface area contributed by atoms with Gasteiger partial charge in [-0.05, 0) is 30.3 Å². The zero-order valence-corrected chi connectivity index (χ0v) is 19.1. The minimum absolute atomic E-state index is 0.419. The number of aromatic nitrogens is 4. The Bertz CT molecular complexity index is 1540. The molecule has 1 N–H and O–H groups in total. The number of hydrogen-bond acceptors (Lipinski definition) is 7. The molecule has 0 aliphatic rings. The molecule has 0 bridgehead atoms. The standard InChI is InChI=1S/C22H20N6O2S2/c1-27(32(2,29)30)22-16(4-3-8-23-22)13-28-9-7-15-12-24-21(11-19(15)28)26-17-5-6-18-20(10-17)31-14-25-18/h3-12,14H,13H2,1-2H3,(H,24,26). The summed E-state index contributed by atoms with van der Waals surface area (Å²) in [6.45, 7) is 0.475. The van der Waals surface area contributed by atoms with Crippen molar-refractivity contribution in [1.29, 1.82) is 0 Å². The molecule has 0 radical (unpaired) electrons. The molecule has 0 saturated heterocycles. The maximum absolute atomic E-state index is 12.0. The van der Waals surface area contributed by atoms with Crippen molar-refractivity contribution in [2.75, 3.05) is 22.9 Å². The SMILES string of the molecule is CN(c1ncccc1Cn1ccc2cnc(Nc3ccc4ncsc4c3)cc21)S(C)(=O)=O. The van der Waals surface area contributed by atoms with Crippen LogP contribution >= 0.6 is 11.3 Å². The van der Waals surface area contributed by atoms with Crippen LogP contribution in [-0.2, 0) is 16.6 Å². The second-order valence-corrected chi connectivity index (χ2v) is 10.3. The van der Waals surface area contributed by atoms with Crippen molar-refractivity contribution in [2.45, 2.75) is 6.54 Å². The fourth-order valence-electron chi connectivity index (χ4n) is 3.55. The second kappa shape index (κ2) is 7.88. The highest BCUT2D eigenvalue weighted by Gasteiger charge is 2.17. The Labute approximate surface area is 189 Å². The number of pyridine rings is 2. The lowest BCUT2D eigenvalue weighted by Crippen LogP contribution is -2.27. The van der Waals surface area contributed by atoms with Crippen LogP contribution in [0.1, 0.15) is 5.56 Å². The second-order valence-electron chi connectivity index (χ2n) is 7.45. The van der Waals surface area contributed by atoms with Crippen molar-refractivity contribution < 1.29 is 8.42 Å². The predicted octanol–water partition coefficient (Wildman–Crippen LogP) is 4.23. The van der Waals surface area contributed by atoms with Gasteiger partial charge in [-0.15, -0.1) is 11.3 Å². The molecule has 0 atom stereocenters. The van der Waals surface area contributed by atoms with Gasteiger partial charge in [0.2, 0.25) is 10.0 Å². The summed E-state index contributed by atoms with van der Waals surface area (Å²) in [5, 5.41) is 4.36. The fraction of sp³-hybridized carbons (Fsp3) is 0.136. The highest BCUT2D eigenvalue weighted by atomic mass is 32.2. The predicted molar refractivity (Wildman–Crippen MR) is 129 cm³/mol. The Morgan fingerprint density at radius 3 is 2.84 bits per heavy atom. The van der Waals surface area contributed by atoms with Gasteiger partial charge in [0, 0.05) is 48.3 Å². The maximum atomic E-state index is 12.0. The maximum Gasteiger partial charge on any atom is 0.233 e. The zero-order valence-electron chi connectivity index (χ0n) is 17.4. The van der Waals surface area contributed by atoms with Crippen LogP contribution in [-0.4, -0.2) is 41.2 Å². The van der Waals surface area contributed by atoms with Gasteiger partial charge in [-0.3, -0.25) is 4.31 Å². The van der Waals surface area contributed by atoms with Crippen LogP contribution in [0.3, 0.4) is 0 Å². The van der Waals surface area contributed by atoms with Gasteiger partial charge in [-0.2, -0.15) is 0 Å². The van der Waals surface area contributed by atoms with Crippen LogP contribution in [0.5, 0.6) is 0 Å². The molecule has 4 heterocycles. The monoisotopic (exact) mass is 464 g/mol. The van der Waals surface area contributed by atoms with Gasteiger partial charge in [0.25, 0.3) is 0 Å². The largest absolute Gasteiger partial charge is 0.343 e. The lowest BCUT2D eigenvalue weighted by molar-refractivity contribution is 0.599. The number of thiazole rings is 1. The van der Waals surface area contributed by atoms with E-state index < -0.39 is 10.0 Å². The van der Waals surface area contributed by atoms with E-state index in [1.54, 1.807) is 17.5 Å². The van der Waals surface area contributed by atoms with Crippen molar-refractivity contribution in [3.63, 3.8) is 0 Å². The average molecular weight is 465 g/mol. The lowest BCUT2D eigenvalue weighted by atomic mass is 10.2. The number of nitrogens with zero attached hydrogens (tertiary/aromatic N) is 5. The fourth-order valence-corrected chi connectivity index (χ4v) is 4.74. The van der Waals surface area contributed by atoms with Crippen molar-refractivity contribution in [3.8, 4) is 0 Å². The normalized spacial score (nSPS) is 11.8. The van der Waals surface area contributed by atoms with E-state index in [2.05, 4.69) is 30.9 Å². The van der Waals surface area contributed by atoms with E-state index in [4.69, 9.17) is 0 Å². The third-order valence-corrected chi connectivity index (χ3v) is 7.22. The van der Waals surface area contributed by atoms with Crippen LogP contribution in [0.15, 0.2) is 66.6 Å². The third kappa shape index (κ3) is 3.90. The molecule has 5 aromatic rings. The first-order chi connectivity index (χ1) is 15.4. The minimum atomic E-state index is -3.41. The summed E-state index contributed by atoms with van der Waals surface area (Å²) in [6.07, 6.45) is 6.56. The molecule has 0 aliphatic carbocycles. The number of fused-ring (bicyclic) bond motifs is 2. The summed E-state index contributed by atoms with van der Waals surface area (Å²) >= 11 is 1.60. The van der Waals surface area contributed by atoms with Crippen molar-refractivity contribution in [3.05, 3.63) is 72.1 Å². The number of nitrogens with one attached hydrogen (secondary N) is 1. The molecule has 5 rings (SSSR count). The van der Waals surface area contributed by atoms with Crippen LogP contribution in [0, 0.1) is 0 Å². The van der Waals surface area contributed by atoms with Gasteiger partial charge in [-0.25, -0.2) is 23.4 Å². The van der Waals surface area contributed by atoms with Crippen molar-refractivity contribution >= 4 is 59.8 Å². The van der Waals surface area contributed by atoms with E-state index in [9.17, 15) is 8.42 Å². The highest BCUT2D eigenvalue weighted by molar-refractivity contribution is 7.92. The van der Waals surface area contributed by atoms with E-state index in [1.165, 1.54) is 17.6 Å². The Morgan fingerprint density at radius 2 is 2.00 bits per heavy atom. The smallest absolute Gasteiger partial charge is 0.233 e. The van der Waals surface area contributed by atoms with Gasteiger partial charge in [0.15, 0.2) is 0 Å². The number of hydrogen-bond donors (Lipinski definition) is 1. The van der Waals surface area contributed by atoms with Gasteiger partial charge < -0.3 is 9.88 Å². The minimum Gasteiger partial charge on any atom is -0.343 e. The van der Waals surface area contributed by atoms with Crippen LogP contribution in [0.25, 0.3) is 21.1 Å². The molecule has 0 spiro atoms. The Morgan fingerprint density at radius 1 is 1.12 bits per heavy atom. The summed E-state index contributed by atoms with van der Waals surface area (Å²) < 4.78 is 28.5. The summed E-state index contributed by atoms with van der Waals surface area (Å²) in [6, 6.07) is 13.7. The van der Waals surface area contributed by atoms with E-state index >= 15 is 0 Å². The zero-order chi connectivity index (χ0) is 22.3. The Hall–Kier alpha value is -3.50. The Kier molecular flexibility index (Phi) is 5.03. The summed E-state index contributed by atoms with van der Waals surface area (Å²) in [7, 11) is -1.90. The number of sulfonamides is 1. The molecule has 0 aliphatic heterocycles. The lowest BCUT2D eigenvalue weighted by Gasteiger charge is -2.19. The number of benzene rings is 1. The molecule has 162 valence electrons. The van der Waals surface area contributed by atoms with Crippen LogP contribution in [0.4, 0.5) is 17.3 Å². The summed E-state index contributed by atoms with van der Waals surface area (Å²) in [4.78, 5) is 13.1. The first kappa shape index (κ1) is 20.4. The van der Waals surface area contributed by atoms with Gasteiger partial charge in [0.1, 0.15) is 11.6 Å². The summed E-state index contributed by atoms with van der Waals surface area (Å²) in [5.41, 5.74) is 5.54. The average Bonchev–Trinajstić information content (AvgIpc) is 3.40. The molecule has 0 saturated carbocycles. The van der Waals surface area contributed by atoms with Crippen molar-refractivity contribution in [2.24, 2.45) is 0 Å². The topological polar surface area (TPSA) is 93.0 Å².